The molecule has 4 nitrogen and oxygen atoms in total. The highest BCUT2D eigenvalue weighted by molar-refractivity contribution is 4.96. The molecule has 0 radical (unpaired) electrons. The summed E-state index contributed by atoms with van der Waals surface area (Å²) in [6.07, 6.45) is 2.81. The van der Waals surface area contributed by atoms with E-state index in [1.165, 1.54) is 0 Å². The molecule has 68 valence electrons. The Morgan fingerprint density at radius 1 is 1.67 bits per heavy atom. The summed E-state index contributed by atoms with van der Waals surface area (Å²) in [7, 11) is 1.89. The Morgan fingerprint density at radius 3 is 3.08 bits per heavy atom. The zero-order valence-electron chi connectivity index (χ0n) is 7.36. The molecule has 1 aromatic rings. The van der Waals surface area contributed by atoms with E-state index < -0.39 is 0 Å². The van der Waals surface area contributed by atoms with Gasteiger partial charge in [-0.15, -0.1) is 0 Å². The summed E-state index contributed by atoms with van der Waals surface area (Å²) in [6, 6.07) is 1.95. The summed E-state index contributed by atoms with van der Waals surface area (Å²) in [5, 5.41) is 4.17. The van der Waals surface area contributed by atoms with Crippen LogP contribution in [0.15, 0.2) is 12.3 Å². The first-order chi connectivity index (χ1) is 5.83. The molecule has 1 aromatic heterocycles. The predicted octanol–water partition coefficient (Wildman–Crippen LogP) is 0.285. The van der Waals surface area contributed by atoms with Gasteiger partial charge >= 0.3 is 0 Å². The van der Waals surface area contributed by atoms with Gasteiger partial charge < -0.3 is 10.5 Å². The minimum absolute atomic E-state index is 0.584. The van der Waals surface area contributed by atoms with Crippen molar-refractivity contribution in [3.63, 3.8) is 0 Å². The van der Waals surface area contributed by atoms with E-state index >= 15 is 0 Å². The molecule has 0 saturated carbocycles. The monoisotopic (exact) mass is 169 g/mol. The molecule has 1 heterocycles. The van der Waals surface area contributed by atoms with E-state index in [9.17, 15) is 0 Å². The average molecular weight is 169 g/mol. The molecule has 0 aliphatic rings. The molecule has 0 fully saturated rings. The highest BCUT2D eigenvalue weighted by Crippen LogP contribution is 1.96. The number of rotatable bonds is 5. The molecule has 0 aliphatic heterocycles. The number of hydrogen-bond donors (Lipinski definition) is 1. The van der Waals surface area contributed by atoms with E-state index in [2.05, 4.69) is 5.10 Å². The van der Waals surface area contributed by atoms with Gasteiger partial charge in [0.15, 0.2) is 0 Å². The summed E-state index contributed by atoms with van der Waals surface area (Å²) in [6.45, 7) is 1.98. The maximum Gasteiger partial charge on any atom is 0.0906 e. The summed E-state index contributed by atoms with van der Waals surface area (Å²) in [5.74, 6) is 0. The standard InChI is InChI=1S/C8H15N3O/c1-11-5-3-8(10-11)7-12-6-2-4-9/h3,5H,2,4,6-7,9H2,1H3. The van der Waals surface area contributed by atoms with E-state index in [-0.39, 0.29) is 0 Å². The van der Waals surface area contributed by atoms with E-state index in [4.69, 9.17) is 10.5 Å². The van der Waals surface area contributed by atoms with E-state index in [0.717, 1.165) is 12.1 Å². The molecule has 0 spiro atoms. The van der Waals surface area contributed by atoms with Crippen LogP contribution >= 0.6 is 0 Å². The van der Waals surface area contributed by atoms with Gasteiger partial charge in [-0.1, -0.05) is 0 Å². The Hall–Kier alpha value is -0.870. The molecule has 0 aromatic carbocycles. The molecular formula is C8H15N3O. The van der Waals surface area contributed by atoms with Crippen LogP contribution in [0.25, 0.3) is 0 Å². The molecule has 12 heavy (non-hydrogen) atoms. The topological polar surface area (TPSA) is 53.1 Å². The van der Waals surface area contributed by atoms with Crippen LogP contribution in [-0.4, -0.2) is 22.9 Å². The molecule has 0 amide bonds. The Bertz CT molecular complexity index is 222. The zero-order chi connectivity index (χ0) is 8.81. The first-order valence-corrected chi connectivity index (χ1v) is 4.09. The smallest absolute Gasteiger partial charge is 0.0906 e. The van der Waals surface area contributed by atoms with Crippen LogP contribution in [-0.2, 0) is 18.4 Å². The van der Waals surface area contributed by atoms with Gasteiger partial charge in [0.05, 0.1) is 12.3 Å². The molecule has 0 bridgehead atoms. The summed E-state index contributed by atoms with van der Waals surface area (Å²) in [5.41, 5.74) is 6.28. The van der Waals surface area contributed by atoms with Crippen LogP contribution in [0.2, 0.25) is 0 Å². The molecule has 0 aliphatic carbocycles. The normalized spacial score (nSPS) is 10.5. The highest BCUT2D eigenvalue weighted by atomic mass is 16.5. The first-order valence-electron chi connectivity index (χ1n) is 4.09. The lowest BCUT2D eigenvalue weighted by atomic mass is 10.4. The van der Waals surface area contributed by atoms with Crippen LogP contribution in [0.5, 0.6) is 0 Å². The third-order valence-electron chi connectivity index (χ3n) is 1.51. The fraction of sp³-hybridized carbons (Fsp3) is 0.625. The van der Waals surface area contributed by atoms with Crippen molar-refractivity contribution in [2.45, 2.75) is 13.0 Å². The Morgan fingerprint density at radius 2 is 2.50 bits per heavy atom. The SMILES string of the molecule is Cn1ccc(COCCCN)n1. The first kappa shape index (κ1) is 9.22. The maximum absolute atomic E-state index is 5.32. The van der Waals surface area contributed by atoms with Crippen molar-refractivity contribution in [3.8, 4) is 0 Å². The summed E-state index contributed by atoms with van der Waals surface area (Å²) >= 11 is 0. The van der Waals surface area contributed by atoms with Crippen LogP contribution in [0, 0.1) is 0 Å². The van der Waals surface area contributed by atoms with Crippen molar-refractivity contribution in [2.24, 2.45) is 12.8 Å². The lowest BCUT2D eigenvalue weighted by Crippen LogP contribution is -2.04. The van der Waals surface area contributed by atoms with Crippen LogP contribution in [0.1, 0.15) is 12.1 Å². The molecule has 0 saturated heterocycles. The zero-order valence-corrected chi connectivity index (χ0v) is 7.36. The Labute approximate surface area is 72.3 Å². The second-order valence-corrected chi connectivity index (χ2v) is 2.68. The highest BCUT2D eigenvalue weighted by Gasteiger charge is 1.95. The molecule has 4 heteroatoms. The van der Waals surface area contributed by atoms with E-state index in [0.29, 0.717) is 19.8 Å². The largest absolute Gasteiger partial charge is 0.375 e. The lowest BCUT2D eigenvalue weighted by Gasteiger charge is -1.99. The minimum atomic E-state index is 0.584. The number of ether oxygens (including phenoxy) is 1. The second kappa shape index (κ2) is 4.90. The number of aromatic nitrogens is 2. The molecule has 2 N–H and O–H groups in total. The van der Waals surface area contributed by atoms with Crippen molar-refractivity contribution < 1.29 is 4.74 Å². The average Bonchev–Trinajstić information content (AvgIpc) is 2.45. The van der Waals surface area contributed by atoms with E-state index in [1.807, 2.05) is 19.3 Å². The molecule has 1 rings (SSSR count). The van der Waals surface area contributed by atoms with Crippen LogP contribution in [0.4, 0.5) is 0 Å². The summed E-state index contributed by atoms with van der Waals surface area (Å²) < 4.78 is 7.08. The van der Waals surface area contributed by atoms with Gasteiger partial charge in [0.2, 0.25) is 0 Å². The molecular weight excluding hydrogens is 154 g/mol. The minimum Gasteiger partial charge on any atom is -0.375 e. The van der Waals surface area contributed by atoms with Gasteiger partial charge in [0, 0.05) is 19.9 Å². The van der Waals surface area contributed by atoms with Crippen molar-refractivity contribution in [1.82, 2.24) is 9.78 Å². The fourth-order valence-electron chi connectivity index (χ4n) is 0.902. The van der Waals surface area contributed by atoms with Crippen LogP contribution in [0.3, 0.4) is 0 Å². The van der Waals surface area contributed by atoms with Gasteiger partial charge in [0.1, 0.15) is 0 Å². The van der Waals surface area contributed by atoms with Crippen molar-refractivity contribution >= 4 is 0 Å². The van der Waals surface area contributed by atoms with Crippen molar-refractivity contribution in [2.75, 3.05) is 13.2 Å². The van der Waals surface area contributed by atoms with Crippen LogP contribution < -0.4 is 5.73 Å². The number of nitrogens with two attached hydrogens (primary N) is 1. The fourth-order valence-corrected chi connectivity index (χ4v) is 0.902. The Kier molecular flexibility index (Phi) is 3.76. The molecule has 0 atom stereocenters. The van der Waals surface area contributed by atoms with Gasteiger partial charge in [-0.05, 0) is 19.0 Å². The quantitative estimate of drug-likeness (QED) is 0.644. The second-order valence-electron chi connectivity index (χ2n) is 2.68. The third-order valence-corrected chi connectivity index (χ3v) is 1.51. The van der Waals surface area contributed by atoms with Crippen molar-refractivity contribution in [3.05, 3.63) is 18.0 Å². The van der Waals surface area contributed by atoms with Gasteiger partial charge in [-0.25, -0.2) is 0 Å². The number of hydrogen-bond acceptors (Lipinski definition) is 3. The third kappa shape index (κ3) is 3.02. The van der Waals surface area contributed by atoms with E-state index in [1.54, 1.807) is 4.68 Å². The predicted molar refractivity (Wildman–Crippen MR) is 46.5 cm³/mol. The van der Waals surface area contributed by atoms with Gasteiger partial charge in [0.25, 0.3) is 0 Å². The van der Waals surface area contributed by atoms with Gasteiger partial charge in [-0.3, -0.25) is 4.68 Å². The Balaban J connectivity index is 2.15. The maximum atomic E-state index is 5.32. The lowest BCUT2D eigenvalue weighted by molar-refractivity contribution is 0.117. The number of nitrogens with zero attached hydrogens (tertiary/aromatic N) is 2. The number of aryl methyl sites for hydroxylation is 1. The van der Waals surface area contributed by atoms with Crippen molar-refractivity contribution in [1.29, 1.82) is 0 Å². The summed E-state index contributed by atoms with van der Waals surface area (Å²) in [4.78, 5) is 0. The van der Waals surface area contributed by atoms with Gasteiger partial charge in [-0.2, -0.15) is 5.10 Å². The molecule has 0 unspecified atom stereocenters.